The van der Waals surface area contributed by atoms with E-state index in [1.807, 2.05) is 34.6 Å². The number of ketones is 1. The molecule has 2 aromatic rings. The van der Waals surface area contributed by atoms with Crippen molar-refractivity contribution in [3.05, 3.63) is 46.2 Å². The number of aliphatic hydroxyl groups is 2. The maximum absolute atomic E-state index is 13.1. The molecule has 222 valence electrons. The third-order valence-corrected chi connectivity index (χ3v) is 8.95. The zero-order valence-corrected chi connectivity index (χ0v) is 26.0. The topological polar surface area (TPSA) is 127 Å². The van der Waals surface area contributed by atoms with E-state index < -0.39 is 33.0 Å². The number of pyridine rings is 1. The summed E-state index contributed by atoms with van der Waals surface area (Å²) >= 11 is 6.53. The Bertz CT molecular complexity index is 1260. The molecule has 0 saturated carbocycles. The van der Waals surface area contributed by atoms with Crippen LogP contribution in [-0.4, -0.2) is 56.4 Å². The molecule has 1 aliphatic heterocycles. The van der Waals surface area contributed by atoms with Gasteiger partial charge in [0, 0.05) is 17.5 Å². The predicted octanol–water partition coefficient (Wildman–Crippen LogP) is 4.67. The molecule has 3 rings (SSSR count). The van der Waals surface area contributed by atoms with Crippen LogP contribution in [0.5, 0.6) is 17.2 Å². The van der Waals surface area contributed by atoms with Crippen LogP contribution >= 0.6 is 11.6 Å². The molecule has 0 bridgehead atoms. The Morgan fingerprint density at radius 1 is 1.23 bits per heavy atom. The molecule has 0 fully saturated rings. The summed E-state index contributed by atoms with van der Waals surface area (Å²) in [6.45, 7) is 13.2. The number of aromatic nitrogens is 1. The van der Waals surface area contributed by atoms with Gasteiger partial charge in [-0.2, -0.15) is 0 Å². The van der Waals surface area contributed by atoms with Crippen LogP contribution in [0.3, 0.4) is 0 Å². The number of methoxy groups -OCH3 is 1. The molecule has 0 saturated heterocycles. The Balaban J connectivity index is 1.85. The average molecular weight is 597 g/mol. The number of nitrogens with zero attached hydrogens (tertiary/aromatic N) is 1. The first-order chi connectivity index (χ1) is 18.5. The van der Waals surface area contributed by atoms with Gasteiger partial charge in [-0.15, -0.1) is 0 Å². The Labute approximate surface area is 244 Å². The molecule has 40 heavy (non-hydrogen) atoms. The fourth-order valence-electron chi connectivity index (χ4n) is 4.31. The van der Waals surface area contributed by atoms with Crippen molar-refractivity contribution >= 4 is 28.4 Å². The Hall–Kier alpha value is -2.24. The Morgan fingerprint density at radius 2 is 1.90 bits per heavy atom. The summed E-state index contributed by atoms with van der Waals surface area (Å²) in [5, 5.41) is 21.0. The van der Waals surface area contributed by atoms with Gasteiger partial charge in [0.25, 0.3) is 0 Å². The van der Waals surface area contributed by atoms with Crippen molar-refractivity contribution in [3.63, 3.8) is 0 Å². The lowest BCUT2D eigenvalue weighted by Gasteiger charge is -2.36. The molecule has 0 amide bonds. The van der Waals surface area contributed by atoms with E-state index in [1.165, 1.54) is 7.11 Å². The molecule has 9 nitrogen and oxygen atoms in total. The highest BCUT2D eigenvalue weighted by molar-refractivity contribution is 7.84. The van der Waals surface area contributed by atoms with Crippen LogP contribution in [-0.2, 0) is 22.1 Å². The quantitative estimate of drug-likeness (QED) is 0.238. The van der Waals surface area contributed by atoms with Gasteiger partial charge in [0.15, 0.2) is 28.2 Å². The first kappa shape index (κ1) is 32.3. The van der Waals surface area contributed by atoms with E-state index in [0.717, 1.165) is 0 Å². The number of carbonyl (C=O) groups excluding carboxylic acids is 1. The lowest BCUT2D eigenvalue weighted by molar-refractivity contribution is 0.0395. The summed E-state index contributed by atoms with van der Waals surface area (Å²) in [6, 6.07) is 6.56. The minimum absolute atomic E-state index is 0.0263. The zero-order chi connectivity index (χ0) is 30.0. The van der Waals surface area contributed by atoms with E-state index in [-0.39, 0.29) is 42.9 Å². The molecular weight excluding hydrogens is 556 g/mol. The van der Waals surface area contributed by atoms with Crippen molar-refractivity contribution < 1.29 is 33.4 Å². The largest absolute Gasteiger partial charge is 0.493 e. The van der Waals surface area contributed by atoms with Gasteiger partial charge in [0.2, 0.25) is 0 Å². The number of rotatable bonds is 12. The van der Waals surface area contributed by atoms with E-state index in [0.29, 0.717) is 34.1 Å². The first-order valence-electron chi connectivity index (χ1n) is 13.3. The van der Waals surface area contributed by atoms with Crippen LogP contribution in [0.25, 0.3) is 0 Å². The highest BCUT2D eigenvalue weighted by atomic mass is 35.5. The van der Waals surface area contributed by atoms with E-state index in [9.17, 15) is 19.2 Å². The standard InChI is InChI=1S/C29H41ClN2O7S/c1-17(2)29(32-40(36)27(4,5)6)16-39-25-20(29)14-24(31-26(25)30)28(7,35)12-11-21(34)19-9-10-22(23(13-19)37-8)38-15-18(3)33/h9-10,13-14,17-18,32-33,35H,11-12,15-16H2,1-8H3/t18-,28?,29?,40?/m1/s1. The number of ether oxygens (including phenoxy) is 3. The van der Waals surface area contributed by atoms with Gasteiger partial charge in [0.05, 0.1) is 40.2 Å². The molecule has 0 aliphatic carbocycles. The third kappa shape index (κ3) is 6.97. The second-order valence-electron chi connectivity index (χ2n) is 11.8. The number of hydrogen-bond donors (Lipinski definition) is 3. The number of benzene rings is 1. The monoisotopic (exact) mass is 596 g/mol. The van der Waals surface area contributed by atoms with Crippen LogP contribution in [0, 0.1) is 5.92 Å². The van der Waals surface area contributed by atoms with E-state index in [4.69, 9.17) is 25.8 Å². The van der Waals surface area contributed by atoms with Crippen LogP contribution in [0.2, 0.25) is 5.15 Å². The van der Waals surface area contributed by atoms with Crippen LogP contribution < -0.4 is 18.9 Å². The van der Waals surface area contributed by atoms with Gasteiger partial charge in [-0.25, -0.2) is 13.9 Å². The van der Waals surface area contributed by atoms with Crippen LogP contribution in [0.4, 0.5) is 0 Å². The summed E-state index contributed by atoms with van der Waals surface area (Å²) in [5.41, 5.74) is -0.929. The van der Waals surface area contributed by atoms with Crippen molar-refractivity contribution in [2.24, 2.45) is 5.92 Å². The van der Waals surface area contributed by atoms with Crippen molar-refractivity contribution in [2.75, 3.05) is 20.3 Å². The fraction of sp³-hybridized carbons (Fsp3) is 0.586. The molecule has 2 heterocycles. The molecule has 4 atom stereocenters. The van der Waals surface area contributed by atoms with Crippen molar-refractivity contribution in [2.45, 2.75) is 83.3 Å². The summed E-state index contributed by atoms with van der Waals surface area (Å²) < 4.78 is 32.7. The molecule has 0 radical (unpaired) electrons. The Kier molecular flexibility index (Phi) is 9.94. The minimum atomic E-state index is -1.49. The molecule has 0 spiro atoms. The SMILES string of the molecule is COc1cc(C(=O)CCC(C)(O)c2cc3c(c(Cl)n2)OCC3(NS(=O)C(C)(C)C)C(C)C)ccc1OC[C@@H](C)O. The van der Waals surface area contributed by atoms with Gasteiger partial charge < -0.3 is 24.4 Å². The third-order valence-electron chi connectivity index (χ3n) is 7.03. The number of fused-ring (bicyclic) bond motifs is 1. The number of nitrogens with one attached hydrogen (secondary N) is 1. The summed E-state index contributed by atoms with van der Waals surface area (Å²) in [4.78, 5) is 17.5. The molecule has 3 unspecified atom stereocenters. The summed E-state index contributed by atoms with van der Waals surface area (Å²) in [6.07, 6.45) is -0.547. The van der Waals surface area contributed by atoms with Gasteiger partial charge in [0.1, 0.15) is 18.8 Å². The average Bonchev–Trinajstić information content (AvgIpc) is 3.25. The van der Waals surface area contributed by atoms with Gasteiger partial charge in [-0.1, -0.05) is 25.4 Å². The lowest BCUT2D eigenvalue weighted by atomic mass is 9.81. The summed E-state index contributed by atoms with van der Waals surface area (Å²) in [7, 11) is 0.0716. The molecule has 1 aromatic carbocycles. The van der Waals surface area contributed by atoms with Crippen LogP contribution in [0.1, 0.15) is 82.9 Å². The maximum Gasteiger partial charge on any atom is 0.171 e. The first-order valence-corrected chi connectivity index (χ1v) is 14.8. The number of Topliss-reactive ketones (excluding diaryl/α,β-unsaturated/α-hetero) is 1. The number of hydrogen-bond acceptors (Lipinski definition) is 8. The van der Waals surface area contributed by atoms with Gasteiger partial charge in [-0.3, -0.25) is 4.79 Å². The number of aliphatic hydroxyl groups excluding tert-OH is 1. The second-order valence-corrected chi connectivity index (χ2v) is 14.1. The number of carbonyl (C=O) groups is 1. The van der Waals surface area contributed by atoms with Crippen LogP contribution in [0.15, 0.2) is 24.3 Å². The van der Waals surface area contributed by atoms with Crippen molar-refractivity contribution in [1.29, 1.82) is 0 Å². The highest BCUT2D eigenvalue weighted by Crippen LogP contribution is 2.47. The van der Waals surface area contributed by atoms with Crippen molar-refractivity contribution in [3.8, 4) is 17.2 Å². The predicted molar refractivity (Wildman–Crippen MR) is 156 cm³/mol. The molecular formula is C29H41ClN2O7S. The molecule has 1 aliphatic rings. The van der Waals surface area contributed by atoms with Gasteiger partial charge in [-0.05, 0) is 71.2 Å². The molecule has 1 aromatic heterocycles. The highest BCUT2D eigenvalue weighted by Gasteiger charge is 2.48. The molecule has 11 heteroatoms. The zero-order valence-electron chi connectivity index (χ0n) is 24.5. The lowest BCUT2D eigenvalue weighted by Crippen LogP contribution is -2.52. The van der Waals surface area contributed by atoms with E-state index >= 15 is 0 Å². The summed E-state index contributed by atoms with van der Waals surface area (Å²) in [5.74, 6) is 0.959. The van der Waals surface area contributed by atoms with E-state index in [1.54, 1.807) is 38.1 Å². The van der Waals surface area contributed by atoms with E-state index in [2.05, 4.69) is 9.71 Å². The molecule has 3 N–H and O–H groups in total. The normalized spacial score (nSPS) is 19.9. The smallest absolute Gasteiger partial charge is 0.171 e. The maximum atomic E-state index is 13.1. The minimum Gasteiger partial charge on any atom is -0.493 e. The fourth-order valence-corrected chi connectivity index (χ4v) is 5.60. The van der Waals surface area contributed by atoms with Crippen molar-refractivity contribution in [1.82, 2.24) is 9.71 Å². The number of halogens is 1. The second kappa shape index (κ2) is 12.3. The Morgan fingerprint density at radius 3 is 2.48 bits per heavy atom. The van der Waals surface area contributed by atoms with Gasteiger partial charge >= 0.3 is 0 Å².